The summed E-state index contributed by atoms with van der Waals surface area (Å²) in [7, 11) is 6.10. The van der Waals surface area contributed by atoms with Gasteiger partial charge in [0.25, 0.3) is 5.56 Å². The lowest BCUT2D eigenvalue weighted by atomic mass is 9.96. The Morgan fingerprint density at radius 2 is 1.70 bits per heavy atom. The van der Waals surface area contributed by atoms with Crippen LogP contribution in [0.25, 0.3) is 22.2 Å². The number of pyridine rings is 1. The second kappa shape index (κ2) is 16.1. The molecule has 6 rings (SSSR count). The van der Waals surface area contributed by atoms with Crippen molar-refractivity contribution >= 4 is 23.0 Å². The van der Waals surface area contributed by atoms with Gasteiger partial charge < -0.3 is 47.9 Å². The number of nitrogens with zero attached hydrogens (tertiary/aromatic N) is 3. The monoisotopic (exact) mass is 767 g/mol. The van der Waals surface area contributed by atoms with E-state index in [9.17, 15) is 24.6 Å². The van der Waals surface area contributed by atoms with Crippen LogP contribution in [0.4, 0.5) is 4.79 Å². The number of aliphatic hydroxyl groups is 2. The molecule has 0 saturated carbocycles. The molecule has 2 N–H and O–H groups in total. The van der Waals surface area contributed by atoms with E-state index in [1.54, 1.807) is 29.2 Å². The van der Waals surface area contributed by atoms with E-state index in [1.165, 1.54) is 25.9 Å². The van der Waals surface area contributed by atoms with Crippen molar-refractivity contribution in [1.82, 2.24) is 14.0 Å². The topological polar surface area (TPSA) is 151 Å². The number of aryl methyl sites for hydroxylation is 1. The van der Waals surface area contributed by atoms with Gasteiger partial charge in [-0.3, -0.25) is 4.79 Å². The van der Waals surface area contributed by atoms with E-state index in [1.807, 2.05) is 81.8 Å². The van der Waals surface area contributed by atoms with Gasteiger partial charge in [-0.05, 0) is 69.2 Å². The molecule has 2 aromatic heterocycles. The van der Waals surface area contributed by atoms with Gasteiger partial charge in [0.05, 0.1) is 46.2 Å². The summed E-state index contributed by atoms with van der Waals surface area (Å²) in [6.45, 7) is 7.91. The van der Waals surface area contributed by atoms with Crippen LogP contribution in [0.2, 0.25) is 0 Å². The number of aliphatic hydroxyl groups excluding tert-OH is 2. The summed E-state index contributed by atoms with van der Waals surface area (Å²) in [6.07, 6.45) is -3.36. The standard InChI is InChI=1S/C43H49N3O10/c1-9-45(42(51)56-43(2,3)4)23-28-17-27-18-30-31(20-33(27)44(28)5)38(48)34(47)21-32-37(30)46(22-26-15-16-29(52-6)19-35(26)53-7)40(49)36(41(50)54-8)39(32)55-24-25-13-11-10-12-14-25/h10-20,34,38,47-48H,9,21-24H2,1-8H3/t34-,38+/m1/s1. The van der Waals surface area contributed by atoms with Crippen molar-refractivity contribution in [2.45, 2.75) is 71.6 Å². The average Bonchev–Trinajstić information content (AvgIpc) is 3.43. The Kier molecular flexibility index (Phi) is 11.5. The van der Waals surface area contributed by atoms with E-state index in [-0.39, 0.29) is 37.4 Å². The Hall–Kier alpha value is -5.79. The SMILES string of the molecule is CCN(Cc1cc2cc3c(cc2n1C)[C@H](O)[C@H](O)Cc1c(OCc2ccccc2)c(C(=O)OC)c(=O)n(Cc2ccc(OC)cc2OC)c1-3)C(=O)OC(C)(C)C. The van der Waals surface area contributed by atoms with Crippen LogP contribution >= 0.6 is 0 Å². The number of hydrogen-bond acceptors (Lipinski definition) is 10. The van der Waals surface area contributed by atoms with Crippen molar-refractivity contribution in [3.05, 3.63) is 111 Å². The van der Waals surface area contributed by atoms with Gasteiger partial charge in [0.1, 0.15) is 35.6 Å². The van der Waals surface area contributed by atoms with E-state index in [2.05, 4.69) is 0 Å². The summed E-state index contributed by atoms with van der Waals surface area (Å²) in [5, 5.41) is 24.3. The van der Waals surface area contributed by atoms with Crippen LogP contribution in [-0.4, -0.2) is 75.9 Å². The second-order valence-corrected chi connectivity index (χ2v) is 14.8. The average molecular weight is 768 g/mol. The van der Waals surface area contributed by atoms with Crippen molar-refractivity contribution in [3.63, 3.8) is 0 Å². The predicted octanol–water partition coefficient (Wildman–Crippen LogP) is 6.15. The molecule has 0 saturated heterocycles. The van der Waals surface area contributed by atoms with E-state index in [0.29, 0.717) is 46.0 Å². The van der Waals surface area contributed by atoms with Crippen molar-refractivity contribution in [2.24, 2.45) is 7.05 Å². The molecule has 1 aliphatic rings. The highest BCUT2D eigenvalue weighted by atomic mass is 16.6. The Balaban J connectivity index is 1.62. The molecule has 13 heteroatoms. The first-order chi connectivity index (χ1) is 26.7. The number of amides is 1. The number of aromatic nitrogens is 2. The van der Waals surface area contributed by atoms with E-state index >= 15 is 0 Å². The lowest BCUT2D eigenvalue weighted by Crippen LogP contribution is -2.36. The van der Waals surface area contributed by atoms with Gasteiger partial charge >= 0.3 is 12.1 Å². The Morgan fingerprint density at radius 3 is 2.34 bits per heavy atom. The van der Waals surface area contributed by atoms with E-state index in [0.717, 1.165) is 22.2 Å². The highest BCUT2D eigenvalue weighted by molar-refractivity contribution is 5.95. The molecular formula is C43H49N3O10. The predicted molar refractivity (Wildman–Crippen MR) is 210 cm³/mol. The first-order valence-corrected chi connectivity index (χ1v) is 18.4. The molecule has 1 amide bonds. The summed E-state index contributed by atoms with van der Waals surface area (Å²) in [5.41, 5.74) is 2.71. The van der Waals surface area contributed by atoms with Crippen LogP contribution in [0.3, 0.4) is 0 Å². The molecule has 0 fully saturated rings. The molecule has 0 radical (unpaired) electrons. The second-order valence-electron chi connectivity index (χ2n) is 14.8. The molecule has 3 aromatic carbocycles. The Morgan fingerprint density at radius 1 is 0.964 bits per heavy atom. The minimum absolute atomic E-state index is 0.00515. The van der Waals surface area contributed by atoms with Crippen molar-refractivity contribution in [3.8, 4) is 28.5 Å². The largest absolute Gasteiger partial charge is 0.497 e. The van der Waals surface area contributed by atoms with E-state index < -0.39 is 35.4 Å². The third-order valence-electron chi connectivity index (χ3n) is 10.0. The Bertz CT molecular complexity index is 2320. The molecule has 5 aromatic rings. The molecule has 56 heavy (non-hydrogen) atoms. The number of methoxy groups -OCH3 is 3. The maximum atomic E-state index is 14.9. The number of carbonyl (C=O) groups excluding carboxylic acids is 2. The van der Waals surface area contributed by atoms with Gasteiger partial charge in [0.2, 0.25) is 0 Å². The third-order valence-corrected chi connectivity index (χ3v) is 10.0. The Labute approximate surface area is 325 Å². The van der Waals surface area contributed by atoms with Crippen LogP contribution in [0, 0.1) is 0 Å². The lowest BCUT2D eigenvalue weighted by molar-refractivity contribution is 0.0199. The summed E-state index contributed by atoms with van der Waals surface area (Å²) < 4.78 is 31.7. The highest BCUT2D eigenvalue weighted by Gasteiger charge is 2.37. The van der Waals surface area contributed by atoms with Crippen molar-refractivity contribution in [2.75, 3.05) is 27.9 Å². The van der Waals surface area contributed by atoms with Gasteiger partial charge in [-0.15, -0.1) is 0 Å². The lowest BCUT2D eigenvalue weighted by Gasteiger charge is -2.26. The number of esters is 1. The molecule has 0 unspecified atom stereocenters. The fraction of sp³-hybridized carbons (Fsp3) is 0.372. The van der Waals surface area contributed by atoms with Crippen molar-refractivity contribution in [1.29, 1.82) is 0 Å². The summed E-state index contributed by atoms with van der Waals surface area (Å²) in [5.74, 6) is 0.0346. The summed E-state index contributed by atoms with van der Waals surface area (Å²) >= 11 is 0. The van der Waals surface area contributed by atoms with Crippen LogP contribution in [0.1, 0.15) is 72.1 Å². The quantitative estimate of drug-likeness (QED) is 0.150. The van der Waals surface area contributed by atoms with Gasteiger partial charge in [0.15, 0.2) is 5.56 Å². The summed E-state index contributed by atoms with van der Waals surface area (Å²) in [6, 6.07) is 20.1. The number of carbonyl (C=O) groups is 2. The number of hydrogen-bond donors (Lipinski definition) is 2. The zero-order chi connectivity index (χ0) is 40.5. The molecular weight excluding hydrogens is 718 g/mol. The third kappa shape index (κ3) is 7.82. The van der Waals surface area contributed by atoms with Gasteiger partial charge in [0, 0.05) is 59.4 Å². The maximum Gasteiger partial charge on any atom is 0.410 e. The minimum Gasteiger partial charge on any atom is -0.497 e. The molecule has 0 bridgehead atoms. The minimum atomic E-state index is -1.39. The normalized spacial score (nSPS) is 15.0. The fourth-order valence-corrected chi connectivity index (χ4v) is 7.14. The maximum absolute atomic E-state index is 14.9. The summed E-state index contributed by atoms with van der Waals surface area (Å²) in [4.78, 5) is 43.1. The number of rotatable bonds is 11. The van der Waals surface area contributed by atoms with Gasteiger partial charge in [-0.1, -0.05) is 30.3 Å². The molecule has 13 nitrogen and oxygen atoms in total. The first kappa shape index (κ1) is 39.9. The van der Waals surface area contributed by atoms with Crippen molar-refractivity contribution < 1.29 is 43.5 Å². The van der Waals surface area contributed by atoms with Crippen LogP contribution in [0.5, 0.6) is 17.2 Å². The van der Waals surface area contributed by atoms with Gasteiger partial charge in [-0.2, -0.15) is 0 Å². The zero-order valence-corrected chi connectivity index (χ0v) is 33.0. The number of ether oxygens (including phenoxy) is 5. The molecule has 2 heterocycles. The molecule has 296 valence electrons. The van der Waals surface area contributed by atoms with E-state index in [4.69, 9.17) is 23.7 Å². The smallest absolute Gasteiger partial charge is 0.410 e. The van der Waals surface area contributed by atoms with Crippen LogP contribution < -0.4 is 19.8 Å². The molecule has 1 aliphatic carbocycles. The molecule has 0 spiro atoms. The molecule has 0 aliphatic heterocycles. The fourth-order valence-electron chi connectivity index (χ4n) is 7.14. The number of benzene rings is 3. The molecule has 2 atom stereocenters. The van der Waals surface area contributed by atoms with Crippen LogP contribution in [0.15, 0.2) is 71.5 Å². The highest BCUT2D eigenvalue weighted by Crippen LogP contribution is 2.44. The zero-order valence-electron chi connectivity index (χ0n) is 33.0. The van der Waals surface area contributed by atoms with Gasteiger partial charge in [-0.25, -0.2) is 9.59 Å². The first-order valence-electron chi connectivity index (χ1n) is 18.4. The number of fused-ring (bicyclic) bond motifs is 4. The van der Waals surface area contributed by atoms with Crippen LogP contribution in [-0.2, 0) is 42.6 Å².